The molecule has 1 nitrogen and oxygen atoms in total. The van der Waals surface area contributed by atoms with E-state index in [0.29, 0.717) is 0 Å². The van der Waals surface area contributed by atoms with Gasteiger partial charge in [-0.05, 0) is 31.6 Å². The van der Waals surface area contributed by atoms with E-state index in [1.165, 1.54) is 70.6 Å². The highest BCUT2D eigenvalue weighted by atomic mass is 16.1. The summed E-state index contributed by atoms with van der Waals surface area (Å²) in [4.78, 5) is 10.2. The molecule has 1 heteroatoms. The second-order valence-electron chi connectivity index (χ2n) is 6.17. The molecule has 0 amide bonds. The van der Waals surface area contributed by atoms with E-state index < -0.39 is 0 Å². The predicted molar refractivity (Wildman–Crippen MR) is 90.1 cm³/mol. The molecular formula is C19H36O. The fraction of sp³-hybridized carbons (Fsp3) is 0.842. The van der Waals surface area contributed by atoms with Crippen LogP contribution in [0.5, 0.6) is 0 Å². The Hall–Kier alpha value is -0.590. The number of hydrogen-bond donors (Lipinski definition) is 0. The summed E-state index contributed by atoms with van der Waals surface area (Å²) in [5, 5.41) is 0. The first-order valence-corrected chi connectivity index (χ1v) is 8.89. The number of rotatable bonds is 15. The van der Waals surface area contributed by atoms with Gasteiger partial charge in [-0.1, -0.05) is 77.4 Å². The maximum Gasteiger partial charge on any atom is 0.119 e. The van der Waals surface area contributed by atoms with Gasteiger partial charge in [-0.2, -0.15) is 0 Å². The van der Waals surface area contributed by atoms with Gasteiger partial charge in [0.15, 0.2) is 0 Å². The van der Waals surface area contributed by atoms with Crippen LogP contribution in [0, 0.1) is 5.92 Å². The number of allylic oxidation sites excluding steroid dienone is 2. The molecular weight excluding hydrogens is 244 g/mol. The van der Waals surface area contributed by atoms with Crippen LogP contribution in [-0.2, 0) is 4.79 Å². The normalized spacial score (nSPS) is 12.9. The van der Waals surface area contributed by atoms with Gasteiger partial charge in [-0.15, -0.1) is 0 Å². The van der Waals surface area contributed by atoms with Crippen molar-refractivity contribution in [2.75, 3.05) is 0 Å². The van der Waals surface area contributed by atoms with Crippen molar-refractivity contribution in [3.63, 3.8) is 0 Å². The van der Waals surface area contributed by atoms with Gasteiger partial charge >= 0.3 is 0 Å². The van der Waals surface area contributed by atoms with Crippen LogP contribution in [-0.4, -0.2) is 6.29 Å². The van der Waals surface area contributed by atoms with Crippen LogP contribution in [0.1, 0.15) is 97.3 Å². The van der Waals surface area contributed by atoms with Crippen LogP contribution in [0.25, 0.3) is 0 Å². The molecule has 0 rings (SSSR count). The van der Waals surface area contributed by atoms with Crippen LogP contribution >= 0.6 is 0 Å². The van der Waals surface area contributed by atoms with Crippen molar-refractivity contribution in [2.24, 2.45) is 5.92 Å². The van der Waals surface area contributed by atoms with Crippen LogP contribution in [0.2, 0.25) is 0 Å². The minimum Gasteiger partial charge on any atom is -0.303 e. The lowest BCUT2D eigenvalue weighted by Crippen LogP contribution is -1.92. The SMILES string of the molecule is CCCCC/C=C/CC(C)CCCCCCCCC=O. The van der Waals surface area contributed by atoms with Crippen molar-refractivity contribution in [3.8, 4) is 0 Å². The standard InChI is InChI=1S/C19H36O/c1-3-4-5-6-10-13-16-19(2)17-14-11-8-7-9-12-15-18-20/h10,13,18-19H,3-9,11-12,14-17H2,1-2H3/b13-10+. The zero-order chi connectivity index (χ0) is 14.9. The van der Waals surface area contributed by atoms with E-state index in [-0.39, 0.29) is 0 Å². The van der Waals surface area contributed by atoms with E-state index in [9.17, 15) is 4.79 Å². The van der Waals surface area contributed by atoms with Gasteiger partial charge in [0, 0.05) is 6.42 Å². The summed E-state index contributed by atoms with van der Waals surface area (Å²) >= 11 is 0. The van der Waals surface area contributed by atoms with Crippen molar-refractivity contribution in [1.29, 1.82) is 0 Å². The average molecular weight is 280 g/mol. The van der Waals surface area contributed by atoms with Gasteiger partial charge in [0.2, 0.25) is 0 Å². The largest absolute Gasteiger partial charge is 0.303 e. The second kappa shape index (κ2) is 16.5. The molecule has 0 saturated heterocycles. The lowest BCUT2D eigenvalue weighted by molar-refractivity contribution is -0.107. The van der Waals surface area contributed by atoms with E-state index in [4.69, 9.17) is 0 Å². The molecule has 0 saturated carbocycles. The fourth-order valence-electron chi connectivity index (χ4n) is 2.50. The van der Waals surface area contributed by atoms with Crippen LogP contribution in [0.3, 0.4) is 0 Å². The fourth-order valence-corrected chi connectivity index (χ4v) is 2.50. The zero-order valence-electron chi connectivity index (χ0n) is 13.9. The lowest BCUT2D eigenvalue weighted by Gasteiger charge is -2.08. The Balaban J connectivity index is 3.23. The number of hydrogen-bond acceptors (Lipinski definition) is 1. The molecule has 0 aliphatic rings. The number of carbonyl (C=O) groups excluding carboxylic acids is 1. The molecule has 0 bridgehead atoms. The Bertz CT molecular complexity index is 220. The third-order valence-electron chi connectivity index (χ3n) is 3.95. The third kappa shape index (κ3) is 15.5. The molecule has 1 unspecified atom stereocenters. The van der Waals surface area contributed by atoms with Crippen LogP contribution < -0.4 is 0 Å². The molecule has 0 spiro atoms. The van der Waals surface area contributed by atoms with Crippen LogP contribution in [0.15, 0.2) is 12.2 Å². The maximum atomic E-state index is 10.2. The first-order valence-electron chi connectivity index (χ1n) is 8.89. The highest BCUT2D eigenvalue weighted by Gasteiger charge is 1.99. The summed E-state index contributed by atoms with van der Waals surface area (Å²) in [5.41, 5.74) is 0. The van der Waals surface area contributed by atoms with E-state index in [0.717, 1.165) is 25.0 Å². The Kier molecular flexibility index (Phi) is 16.0. The van der Waals surface area contributed by atoms with E-state index in [1.54, 1.807) is 0 Å². The number of carbonyl (C=O) groups is 1. The lowest BCUT2D eigenvalue weighted by atomic mass is 9.98. The van der Waals surface area contributed by atoms with Crippen molar-refractivity contribution in [2.45, 2.75) is 97.3 Å². The summed E-state index contributed by atoms with van der Waals surface area (Å²) < 4.78 is 0. The minimum absolute atomic E-state index is 0.752. The quantitative estimate of drug-likeness (QED) is 0.191. The highest BCUT2D eigenvalue weighted by Crippen LogP contribution is 2.15. The molecule has 0 radical (unpaired) electrons. The van der Waals surface area contributed by atoms with Gasteiger partial charge in [0.1, 0.15) is 6.29 Å². The van der Waals surface area contributed by atoms with Crippen LogP contribution in [0.4, 0.5) is 0 Å². The Labute approximate surface area is 127 Å². The van der Waals surface area contributed by atoms with Gasteiger partial charge < -0.3 is 4.79 Å². The molecule has 0 fully saturated rings. The molecule has 0 aliphatic carbocycles. The smallest absolute Gasteiger partial charge is 0.119 e. The number of unbranched alkanes of at least 4 members (excludes halogenated alkanes) is 9. The molecule has 0 aliphatic heterocycles. The maximum absolute atomic E-state index is 10.2. The predicted octanol–water partition coefficient (Wildman–Crippen LogP) is 6.47. The van der Waals surface area contributed by atoms with Gasteiger partial charge in [-0.3, -0.25) is 0 Å². The van der Waals surface area contributed by atoms with Crippen molar-refractivity contribution in [3.05, 3.63) is 12.2 Å². The number of aldehydes is 1. The van der Waals surface area contributed by atoms with Crippen molar-refractivity contribution >= 4 is 6.29 Å². The second-order valence-corrected chi connectivity index (χ2v) is 6.17. The molecule has 0 aromatic heterocycles. The molecule has 1 atom stereocenters. The summed E-state index contributed by atoms with van der Waals surface area (Å²) in [5.74, 6) is 0.840. The summed E-state index contributed by atoms with van der Waals surface area (Å²) in [6.45, 7) is 4.63. The minimum atomic E-state index is 0.752. The van der Waals surface area contributed by atoms with Gasteiger partial charge in [0.05, 0.1) is 0 Å². The molecule has 118 valence electrons. The van der Waals surface area contributed by atoms with Gasteiger partial charge in [-0.25, -0.2) is 0 Å². The van der Waals surface area contributed by atoms with Gasteiger partial charge in [0.25, 0.3) is 0 Å². The first kappa shape index (κ1) is 19.4. The molecule has 0 aromatic carbocycles. The van der Waals surface area contributed by atoms with E-state index in [2.05, 4.69) is 26.0 Å². The molecule has 0 heterocycles. The zero-order valence-corrected chi connectivity index (χ0v) is 13.9. The van der Waals surface area contributed by atoms with Crippen molar-refractivity contribution < 1.29 is 4.79 Å². The van der Waals surface area contributed by atoms with Crippen molar-refractivity contribution in [1.82, 2.24) is 0 Å². The topological polar surface area (TPSA) is 17.1 Å². The van der Waals surface area contributed by atoms with E-state index in [1.807, 2.05) is 0 Å². The first-order chi connectivity index (χ1) is 9.81. The third-order valence-corrected chi connectivity index (χ3v) is 3.95. The summed E-state index contributed by atoms with van der Waals surface area (Å²) in [6.07, 6.45) is 22.2. The summed E-state index contributed by atoms with van der Waals surface area (Å²) in [7, 11) is 0. The van der Waals surface area contributed by atoms with E-state index >= 15 is 0 Å². The average Bonchev–Trinajstić information content (AvgIpc) is 2.45. The Morgan fingerprint density at radius 1 is 0.800 bits per heavy atom. The Morgan fingerprint density at radius 2 is 1.45 bits per heavy atom. The highest BCUT2D eigenvalue weighted by molar-refractivity contribution is 5.48. The molecule has 0 aromatic rings. The Morgan fingerprint density at radius 3 is 2.15 bits per heavy atom. The molecule has 20 heavy (non-hydrogen) atoms. The summed E-state index contributed by atoms with van der Waals surface area (Å²) in [6, 6.07) is 0. The molecule has 0 N–H and O–H groups in total. The monoisotopic (exact) mass is 280 g/mol.